The van der Waals surface area contributed by atoms with Crippen LogP contribution in [0.15, 0.2) is 42.5 Å². The minimum atomic E-state index is -0.413. The molecule has 0 saturated carbocycles. The van der Waals surface area contributed by atoms with Crippen molar-refractivity contribution in [3.05, 3.63) is 70.0 Å². The highest BCUT2D eigenvalue weighted by atomic mass is 35.5. The molecule has 1 N–H and O–H groups in total. The topological polar surface area (TPSA) is 52.7 Å². The third-order valence-corrected chi connectivity index (χ3v) is 5.16. The van der Waals surface area contributed by atoms with Gasteiger partial charge in [-0.05, 0) is 35.2 Å². The van der Waals surface area contributed by atoms with Gasteiger partial charge < -0.3 is 15.1 Å². The summed E-state index contributed by atoms with van der Waals surface area (Å²) in [7, 11) is 0. The number of halogens is 2. The fourth-order valence-electron chi connectivity index (χ4n) is 3.10. The van der Waals surface area contributed by atoms with E-state index in [0.717, 1.165) is 12.0 Å². The molecule has 1 heterocycles. The molecule has 28 heavy (non-hydrogen) atoms. The zero-order valence-electron chi connectivity index (χ0n) is 15.8. The predicted molar refractivity (Wildman–Crippen MR) is 106 cm³/mol. The summed E-state index contributed by atoms with van der Waals surface area (Å²) >= 11 is 6.04. The number of benzene rings is 2. The summed E-state index contributed by atoms with van der Waals surface area (Å²) in [5.41, 5.74) is 2.95. The third kappa shape index (κ3) is 5.01. The van der Waals surface area contributed by atoms with Crippen molar-refractivity contribution >= 4 is 23.5 Å². The highest BCUT2D eigenvalue weighted by molar-refractivity contribution is 6.31. The first-order chi connectivity index (χ1) is 13.5. The standard InChI is InChI=1S/C21H23ClFN3O2/c1-2-15-3-5-16(6-4-15)12-24-20(27)14-26-10-9-25(21(26)28)13-17-7-8-18(23)11-19(17)22/h3-8,11H,2,9-10,12-14H2,1H3,(H,24,27). The first-order valence-corrected chi connectivity index (χ1v) is 9.66. The Hall–Kier alpha value is -2.60. The molecule has 0 atom stereocenters. The Morgan fingerprint density at radius 3 is 2.46 bits per heavy atom. The van der Waals surface area contributed by atoms with E-state index in [1.54, 1.807) is 11.0 Å². The Morgan fingerprint density at radius 1 is 1.11 bits per heavy atom. The van der Waals surface area contributed by atoms with Gasteiger partial charge in [-0.25, -0.2) is 9.18 Å². The van der Waals surface area contributed by atoms with Crippen LogP contribution < -0.4 is 5.32 Å². The molecular formula is C21H23ClFN3O2. The van der Waals surface area contributed by atoms with Crippen molar-refractivity contribution in [3.8, 4) is 0 Å². The second-order valence-electron chi connectivity index (χ2n) is 6.81. The van der Waals surface area contributed by atoms with Crippen molar-refractivity contribution in [1.82, 2.24) is 15.1 Å². The predicted octanol–water partition coefficient (Wildman–Crippen LogP) is 3.60. The first kappa shape index (κ1) is 20.1. The van der Waals surface area contributed by atoms with Crippen molar-refractivity contribution in [2.75, 3.05) is 19.6 Å². The Balaban J connectivity index is 1.49. The summed E-state index contributed by atoms with van der Waals surface area (Å²) in [6, 6.07) is 12.0. The van der Waals surface area contributed by atoms with E-state index in [9.17, 15) is 14.0 Å². The Kier molecular flexibility index (Phi) is 6.52. The number of urea groups is 1. The lowest BCUT2D eigenvalue weighted by molar-refractivity contribution is -0.121. The summed E-state index contributed by atoms with van der Waals surface area (Å²) in [5, 5.41) is 3.14. The molecule has 7 heteroatoms. The lowest BCUT2D eigenvalue weighted by Gasteiger charge is -2.19. The van der Waals surface area contributed by atoms with Gasteiger partial charge in [0.05, 0.1) is 0 Å². The zero-order valence-corrected chi connectivity index (χ0v) is 16.5. The van der Waals surface area contributed by atoms with Crippen molar-refractivity contribution in [1.29, 1.82) is 0 Å². The molecular weight excluding hydrogens is 381 g/mol. The molecule has 3 rings (SSSR count). The van der Waals surface area contributed by atoms with Crippen LogP contribution in [0.3, 0.4) is 0 Å². The summed E-state index contributed by atoms with van der Waals surface area (Å²) < 4.78 is 13.2. The van der Waals surface area contributed by atoms with E-state index in [0.29, 0.717) is 31.7 Å². The average Bonchev–Trinajstić information content (AvgIpc) is 3.02. The molecule has 2 aromatic carbocycles. The third-order valence-electron chi connectivity index (χ3n) is 4.81. The van der Waals surface area contributed by atoms with E-state index in [1.807, 2.05) is 24.3 Å². The second-order valence-corrected chi connectivity index (χ2v) is 7.22. The highest BCUT2D eigenvalue weighted by Crippen LogP contribution is 2.21. The number of carbonyl (C=O) groups is 2. The van der Waals surface area contributed by atoms with Gasteiger partial charge in [-0.1, -0.05) is 48.9 Å². The Labute approximate surface area is 169 Å². The Bertz CT molecular complexity index is 857. The molecule has 1 aliphatic heterocycles. The van der Waals surface area contributed by atoms with Crippen molar-refractivity contribution in [2.45, 2.75) is 26.4 Å². The molecule has 0 bridgehead atoms. The minimum Gasteiger partial charge on any atom is -0.350 e. The monoisotopic (exact) mass is 403 g/mol. The van der Waals surface area contributed by atoms with Crippen molar-refractivity contribution < 1.29 is 14.0 Å². The van der Waals surface area contributed by atoms with Crippen molar-refractivity contribution in [3.63, 3.8) is 0 Å². The molecule has 0 spiro atoms. The van der Waals surface area contributed by atoms with E-state index in [4.69, 9.17) is 11.6 Å². The quantitative estimate of drug-likeness (QED) is 0.768. The van der Waals surface area contributed by atoms with Gasteiger partial charge in [-0.15, -0.1) is 0 Å². The van der Waals surface area contributed by atoms with Gasteiger partial charge in [-0.2, -0.15) is 0 Å². The van der Waals surface area contributed by atoms with Crippen LogP contribution in [0, 0.1) is 5.82 Å². The van der Waals surface area contributed by atoms with Crippen LogP contribution in [0.1, 0.15) is 23.6 Å². The first-order valence-electron chi connectivity index (χ1n) is 9.28. The summed E-state index contributed by atoms with van der Waals surface area (Å²) in [4.78, 5) is 27.8. The molecule has 3 amide bonds. The number of rotatable bonds is 7. The van der Waals surface area contributed by atoms with Gasteiger partial charge in [0.25, 0.3) is 0 Å². The smallest absolute Gasteiger partial charge is 0.320 e. The number of aryl methyl sites for hydroxylation is 1. The number of nitrogens with zero attached hydrogens (tertiary/aromatic N) is 2. The molecule has 1 saturated heterocycles. The lowest BCUT2D eigenvalue weighted by Crippen LogP contribution is -2.39. The molecule has 0 unspecified atom stereocenters. The normalized spacial score (nSPS) is 13.9. The van der Waals surface area contributed by atoms with Gasteiger partial charge in [0, 0.05) is 31.2 Å². The largest absolute Gasteiger partial charge is 0.350 e. The van der Waals surface area contributed by atoms with Gasteiger partial charge in [0.2, 0.25) is 5.91 Å². The highest BCUT2D eigenvalue weighted by Gasteiger charge is 2.30. The lowest BCUT2D eigenvalue weighted by atomic mass is 10.1. The van der Waals surface area contributed by atoms with Crippen LogP contribution in [-0.4, -0.2) is 41.4 Å². The molecule has 1 fully saturated rings. The van der Waals surface area contributed by atoms with Gasteiger partial charge in [-0.3, -0.25) is 4.79 Å². The maximum atomic E-state index is 13.2. The second kappa shape index (κ2) is 9.06. The van der Waals surface area contributed by atoms with E-state index in [-0.39, 0.29) is 23.5 Å². The van der Waals surface area contributed by atoms with Gasteiger partial charge in [0.1, 0.15) is 12.4 Å². The molecule has 0 aliphatic carbocycles. The number of hydrogen-bond donors (Lipinski definition) is 1. The fraction of sp³-hybridized carbons (Fsp3) is 0.333. The minimum absolute atomic E-state index is 0.0134. The van der Waals surface area contributed by atoms with Crippen LogP contribution >= 0.6 is 11.6 Å². The Morgan fingerprint density at radius 2 is 1.79 bits per heavy atom. The number of nitrogens with one attached hydrogen (secondary N) is 1. The molecule has 1 aliphatic rings. The van der Waals surface area contributed by atoms with E-state index >= 15 is 0 Å². The van der Waals surface area contributed by atoms with Gasteiger partial charge in [0.15, 0.2) is 0 Å². The van der Waals surface area contributed by atoms with Crippen molar-refractivity contribution in [2.24, 2.45) is 0 Å². The van der Waals surface area contributed by atoms with Crippen LogP contribution in [-0.2, 0) is 24.3 Å². The van der Waals surface area contributed by atoms with Crippen LogP contribution in [0.25, 0.3) is 0 Å². The number of amides is 3. The molecule has 5 nitrogen and oxygen atoms in total. The molecule has 148 valence electrons. The molecule has 0 aromatic heterocycles. The molecule has 0 radical (unpaired) electrons. The average molecular weight is 404 g/mol. The van der Waals surface area contributed by atoms with Crippen LogP contribution in [0.2, 0.25) is 5.02 Å². The maximum Gasteiger partial charge on any atom is 0.320 e. The van der Waals surface area contributed by atoms with E-state index in [1.165, 1.54) is 22.6 Å². The zero-order chi connectivity index (χ0) is 20.1. The SMILES string of the molecule is CCc1ccc(CNC(=O)CN2CCN(Cc3ccc(F)cc3Cl)C2=O)cc1. The molecule has 2 aromatic rings. The van der Waals surface area contributed by atoms with Gasteiger partial charge >= 0.3 is 6.03 Å². The summed E-state index contributed by atoms with van der Waals surface area (Å²) in [6.07, 6.45) is 0.976. The summed E-state index contributed by atoms with van der Waals surface area (Å²) in [6.45, 7) is 3.80. The van der Waals surface area contributed by atoms with E-state index in [2.05, 4.69) is 12.2 Å². The number of hydrogen-bond acceptors (Lipinski definition) is 2. The van der Waals surface area contributed by atoms with Crippen LogP contribution in [0.5, 0.6) is 0 Å². The summed E-state index contributed by atoms with van der Waals surface area (Å²) in [5.74, 6) is -0.612. The maximum absolute atomic E-state index is 13.2. The fourth-order valence-corrected chi connectivity index (χ4v) is 3.33. The van der Waals surface area contributed by atoms with E-state index < -0.39 is 5.82 Å². The van der Waals surface area contributed by atoms with Crippen LogP contribution in [0.4, 0.5) is 9.18 Å². The number of carbonyl (C=O) groups excluding carboxylic acids is 2.